The topological polar surface area (TPSA) is 112 Å². The molecule has 10 nitrogen and oxygen atoms in total. The Labute approximate surface area is 336 Å². The molecule has 3 aromatic carbocycles. The molecular formula is C45H58N6O4S. The smallest absolute Gasteiger partial charge is 0.407 e. The third kappa shape index (κ3) is 10.6. The lowest BCUT2D eigenvalue weighted by molar-refractivity contribution is 0.142. The van der Waals surface area contributed by atoms with Crippen LogP contribution in [0.15, 0.2) is 107 Å². The minimum Gasteiger partial charge on any atom is -0.450 e. The molecule has 0 aliphatic heterocycles. The van der Waals surface area contributed by atoms with E-state index in [1.165, 1.54) is 9.13 Å². The summed E-state index contributed by atoms with van der Waals surface area (Å²) in [5.74, 6) is 0. The van der Waals surface area contributed by atoms with E-state index >= 15 is 0 Å². The van der Waals surface area contributed by atoms with Gasteiger partial charge in [0.05, 0.1) is 24.0 Å². The van der Waals surface area contributed by atoms with Gasteiger partial charge in [-0.2, -0.15) is 0 Å². The molecule has 0 aliphatic rings. The molecule has 5 aromatic rings. The van der Waals surface area contributed by atoms with Gasteiger partial charge in [-0.3, -0.25) is 13.9 Å². The number of benzene rings is 3. The third-order valence-electron chi connectivity index (χ3n) is 10.7. The van der Waals surface area contributed by atoms with Crippen molar-refractivity contribution in [1.82, 2.24) is 29.3 Å². The van der Waals surface area contributed by atoms with Gasteiger partial charge in [-0.15, -0.1) is 0 Å². The average Bonchev–Trinajstić information content (AvgIpc) is 3.62. The van der Waals surface area contributed by atoms with Gasteiger partial charge < -0.3 is 19.9 Å². The van der Waals surface area contributed by atoms with Crippen LogP contribution in [0.4, 0.5) is 4.79 Å². The largest absolute Gasteiger partial charge is 0.450 e. The summed E-state index contributed by atoms with van der Waals surface area (Å²) in [6.07, 6.45) is 12.8. The molecule has 1 unspecified atom stereocenters. The van der Waals surface area contributed by atoms with Crippen LogP contribution in [-0.2, 0) is 30.8 Å². The van der Waals surface area contributed by atoms with Gasteiger partial charge in [-0.1, -0.05) is 162 Å². The van der Waals surface area contributed by atoms with Crippen molar-refractivity contribution in [1.29, 1.82) is 0 Å². The Morgan fingerprint density at radius 3 is 1.82 bits per heavy atom. The highest BCUT2D eigenvalue weighted by Gasteiger charge is 2.40. The molecule has 0 saturated carbocycles. The number of hydrogen-bond donors (Lipinski definition) is 2. The number of aryl methyl sites for hydroxylation is 2. The minimum atomic E-state index is -0.597. The number of nitrogens with one attached hydrogen (secondary N) is 2. The number of fused-ring (bicyclic) bond motifs is 1. The monoisotopic (exact) mass is 778 g/mol. The fraction of sp³-hybridized carbons (Fsp3) is 0.444. The predicted octanol–water partition coefficient (Wildman–Crippen LogP) is 8.18. The number of hydrogen-bond acceptors (Lipinski definition) is 6. The van der Waals surface area contributed by atoms with Crippen LogP contribution in [0.1, 0.15) is 101 Å². The van der Waals surface area contributed by atoms with Crippen LogP contribution in [0, 0.1) is 0 Å². The number of imidazole rings is 1. The zero-order valence-electron chi connectivity index (χ0n) is 33.3. The van der Waals surface area contributed by atoms with Crippen LogP contribution >= 0.6 is 12.2 Å². The molecule has 0 fully saturated rings. The molecular weight excluding hydrogens is 721 g/mol. The summed E-state index contributed by atoms with van der Waals surface area (Å²) < 4.78 is 10.1. The molecule has 0 radical (unpaired) electrons. The Kier molecular flexibility index (Phi) is 16.0. The minimum absolute atomic E-state index is 0.269. The summed E-state index contributed by atoms with van der Waals surface area (Å²) in [7, 11) is 3.44. The predicted molar refractivity (Wildman–Crippen MR) is 229 cm³/mol. The summed E-state index contributed by atoms with van der Waals surface area (Å²) in [6.45, 7) is 3.58. The summed E-state index contributed by atoms with van der Waals surface area (Å²) in [6, 6.07) is 30.9. The molecule has 2 N–H and O–H groups in total. The number of amides is 1. The molecule has 11 heteroatoms. The maximum absolute atomic E-state index is 13.2. The third-order valence-corrected chi connectivity index (χ3v) is 11.1. The van der Waals surface area contributed by atoms with Gasteiger partial charge in [-0.25, -0.2) is 14.6 Å². The summed E-state index contributed by atoms with van der Waals surface area (Å²) in [5, 5.41) is 6.66. The molecule has 2 heterocycles. The van der Waals surface area contributed by atoms with E-state index in [2.05, 4.69) is 95.3 Å². The van der Waals surface area contributed by atoms with Crippen molar-refractivity contribution >= 4 is 34.5 Å². The van der Waals surface area contributed by atoms with E-state index in [0.717, 1.165) is 93.9 Å². The number of thiocarbonyl (C=S) groups is 1. The van der Waals surface area contributed by atoms with Crippen LogP contribution < -0.4 is 21.9 Å². The van der Waals surface area contributed by atoms with Gasteiger partial charge >= 0.3 is 11.8 Å². The van der Waals surface area contributed by atoms with Gasteiger partial charge in [0.1, 0.15) is 0 Å². The first-order valence-electron chi connectivity index (χ1n) is 20.3. The number of unbranched alkanes of at least 4 members (excludes halogenated alkanes) is 9. The van der Waals surface area contributed by atoms with E-state index in [-0.39, 0.29) is 11.2 Å². The zero-order valence-corrected chi connectivity index (χ0v) is 34.1. The Hall–Kier alpha value is -5.03. The SMILES string of the molecule is CCCCOC(=O)NC(CC(c1ccccc1)(c1ccccc1)c1ccccc1)C(=S)NCCCCCCCCCCCn1c(=O)c2c(ncn2C)n(C)c1=O. The molecule has 0 spiro atoms. The Balaban J connectivity index is 1.12. The summed E-state index contributed by atoms with van der Waals surface area (Å²) in [4.78, 5) is 43.7. The van der Waals surface area contributed by atoms with Crippen molar-refractivity contribution in [2.24, 2.45) is 14.1 Å². The Bertz CT molecular complexity index is 2000. The number of alkyl carbamates (subject to hydrolysis) is 1. The fourth-order valence-corrected chi connectivity index (χ4v) is 7.84. The Morgan fingerprint density at radius 2 is 1.29 bits per heavy atom. The highest BCUT2D eigenvalue weighted by molar-refractivity contribution is 7.80. The molecule has 1 atom stereocenters. The molecule has 56 heavy (non-hydrogen) atoms. The fourth-order valence-electron chi connectivity index (χ4n) is 7.59. The summed E-state index contributed by atoms with van der Waals surface area (Å²) >= 11 is 6.07. The van der Waals surface area contributed by atoms with Gasteiger partial charge in [-0.05, 0) is 42.4 Å². The first kappa shape index (κ1) is 42.1. The molecule has 0 saturated heterocycles. The standard InChI is InChI=1S/C45H58N6O4S/c1-4-5-32-55-43(53)48-38(33-45(35-24-16-13-17-25-35,36-26-18-14-19-27-36)37-28-20-15-21-29-37)41(56)46-30-22-11-9-7-6-8-10-12-23-31-51-42(52)39-40(47-34-49(39)2)50(3)44(51)54/h13-21,24-29,34,38H,4-12,22-23,30-33H2,1-3H3,(H,46,56)(H,48,53). The molecule has 2 aromatic heterocycles. The molecule has 298 valence electrons. The van der Waals surface area contributed by atoms with E-state index in [1.54, 1.807) is 25.0 Å². The zero-order chi connectivity index (χ0) is 39.8. The van der Waals surface area contributed by atoms with Crippen molar-refractivity contribution in [3.8, 4) is 0 Å². The van der Waals surface area contributed by atoms with Gasteiger partial charge in [0, 0.05) is 32.6 Å². The highest BCUT2D eigenvalue weighted by Crippen LogP contribution is 2.43. The van der Waals surface area contributed by atoms with Gasteiger partial charge in [0.2, 0.25) is 0 Å². The first-order valence-corrected chi connectivity index (χ1v) is 20.7. The number of aromatic nitrogens is 4. The van der Waals surface area contributed by atoms with Crippen LogP contribution in [0.25, 0.3) is 11.2 Å². The molecule has 0 aliphatic carbocycles. The number of ether oxygens (including phenoxy) is 1. The second kappa shape index (κ2) is 21.3. The lowest BCUT2D eigenvalue weighted by Gasteiger charge is -2.39. The van der Waals surface area contributed by atoms with E-state index < -0.39 is 17.6 Å². The first-order chi connectivity index (χ1) is 27.3. The van der Waals surface area contributed by atoms with Crippen molar-refractivity contribution < 1.29 is 9.53 Å². The van der Waals surface area contributed by atoms with E-state index in [0.29, 0.717) is 35.7 Å². The lowest BCUT2D eigenvalue weighted by atomic mass is 9.66. The number of carbonyl (C=O) groups is 1. The van der Waals surface area contributed by atoms with Crippen LogP contribution in [0.2, 0.25) is 0 Å². The summed E-state index contributed by atoms with van der Waals surface area (Å²) in [5.41, 5.74) is 3.06. The van der Waals surface area contributed by atoms with Crippen molar-refractivity contribution in [3.05, 3.63) is 135 Å². The average molecular weight is 779 g/mol. The van der Waals surface area contributed by atoms with Crippen molar-refractivity contribution in [3.63, 3.8) is 0 Å². The lowest BCUT2D eigenvalue weighted by Crippen LogP contribution is -2.50. The highest BCUT2D eigenvalue weighted by atomic mass is 32.1. The van der Waals surface area contributed by atoms with Crippen molar-refractivity contribution in [2.45, 2.75) is 102 Å². The molecule has 0 bridgehead atoms. The van der Waals surface area contributed by atoms with Crippen LogP contribution in [-0.4, -0.2) is 49.0 Å². The van der Waals surface area contributed by atoms with E-state index in [4.69, 9.17) is 17.0 Å². The van der Waals surface area contributed by atoms with Crippen molar-refractivity contribution in [2.75, 3.05) is 13.2 Å². The van der Waals surface area contributed by atoms with Crippen LogP contribution in [0.5, 0.6) is 0 Å². The van der Waals surface area contributed by atoms with Crippen LogP contribution in [0.3, 0.4) is 0 Å². The number of nitrogens with zero attached hydrogens (tertiary/aromatic N) is 4. The normalized spacial score (nSPS) is 12.1. The Morgan fingerprint density at radius 1 is 0.768 bits per heavy atom. The van der Waals surface area contributed by atoms with Gasteiger partial charge in [0.25, 0.3) is 5.56 Å². The number of rotatable bonds is 22. The quantitative estimate of drug-likeness (QED) is 0.0414. The van der Waals surface area contributed by atoms with Gasteiger partial charge in [0.15, 0.2) is 11.2 Å². The van der Waals surface area contributed by atoms with E-state index in [1.807, 2.05) is 18.2 Å². The maximum atomic E-state index is 13.2. The maximum Gasteiger partial charge on any atom is 0.407 e. The van der Waals surface area contributed by atoms with E-state index in [9.17, 15) is 14.4 Å². The molecule has 1 amide bonds. The number of carbonyl (C=O) groups excluding carboxylic acids is 1. The molecule has 5 rings (SSSR count). The second-order valence-corrected chi connectivity index (χ2v) is 15.1. The second-order valence-electron chi connectivity index (χ2n) is 14.7.